The first-order valence-electron chi connectivity index (χ1n) is 5.16. The van der Waals surface area contributed by atoms with Crippen LogP contribution >= 0.6 is 11.6 Å². The summed E-state index contributed by atoms with van der Waals surface area (Å²) in [5, 5.41) is 2.76. The van der Waals surface area contributed by atoms with Gasteiger partial charge in [-0.2, -0.15) is 0 Å². The van der Waals surface area contributed by atoms with E-state index in [2.05, 4.69) is 10.3 Å². The second kappa shape index (κ2) is 5.46. The van der Waals surface area contributed by atoms with Crippen molar-refractivity contribution in [2.75, 3.05) is 5.32 Å². The number of benzene rings is 1. The fourth-order valence-electron chi connectivity index (χ4n) is 1.39. The number of carbonyl (C=O) groups is 1. The zero-order valence-electron chi connectivity index (χ0n) is 9.06. The smallest absolute Gasteiger partial charge is 0.255 e. The molecular formula is C13H11ClN2O. The third-order valence-corrected chi connectivity index (χ3v) is 2.60. The molecule has 2 aromatic rings. The topological polar surface area (TPSA) is 42.0 Å². The van der Waals surface area contributed by atoms with E-state index in [0.29, 0.717) is 17.1 Å². The maximum atomic E-state index is 11.8. The number of amides is 1. The van der Waals surface area contributed by atoms with Crippen LogP contribution in [0.3, 0.4) is 0 Å². The van der Waals surface area contributed by atoms with Crippen molar-refractivity contribution in [3.8, 4) is 0 Å². The van der Waals surface area contributed by atoms with E-state index in [1.165, 1.54) is 0 Å². The number of rotatable bonds is 3. The molecule has 1 amide bonds. The number of anilines is 1. The fourth-order valence-corrected chi connectivity index (χ4v) is 1.56. The molecule has 0 saturated carbocycles. The van der Waals surface area contributed by atoms with Gasteiger partial charge in [0.25, 0.3) is 5.91 Å². The van der Waals surface area contributed by atoms with E-state index in [1.807, 2.05) is 12.1 Å². The van der Waals surface area contributed by atoms with Crippen LogP contribution < -0.4 is 5.32 Å². The molecule has 17 heavy (non-hydrogen) atoms. The highest BCUT2D eigenvalue weighted by Crippen LogP contribution is 2.10. The molecule has 0 fully saturated rings. The number of pyridine rings is 1. The van der Waals surface area contributed by atoms with Crippen molar-refractivity contribution in [3.63, 3.8) is 0 Å². The van der Waals surface area contributed by atoms with Crippen LogP contribution in [0, 0.1) is 0 Å². The van der Waals surface area contributed by atoms with Gasteiger partial charge >= 0.3 is 0 Å². The molecule has 4 heteroatoms. The lowest BCUT2D eigenvalue weighted by Gasteiger charge is -2.04. The van der Waals surface area contributed by atoms with Crippen LogP contribution in [0.4, 0.5) is 5.69 Å². The molecule has 0 atom stereocenters. The average molecular weight is 247 g/mol. The van der Waals surface area contributed by atoms with E-state index >= 15 is 0 Å². The number of nitrogens with one attached hydrogen (secondary N) is 1. The molecule has 3 nitrogen and oxygen atoms in total. The van der Waals surface area contributed by atoms with Crippen molar-refractivity contribution in [2.24, 2.45) is 0 Å². The third-order valence-electron chi connectivity index (χ3n) is 2.29. The van der Waals surface area contributed by atoms with E-state index in [1.54, 1.807) is 36.7 Å². The van der Waals surface area contributed by atoms with E-state index in [4.69, 9.17) is 11.6 Å². The first-order valence-corrected chi connectivity index (χ1v) is 5.69. The molecule has 0 bridgehead atoms. The molecule has 1 aromatic carbocycles. The van der Waals surface area contributed by atoms with Crippen LogP contribution in [0.25, 0.3) is 0 Å². The minimum absolute atomic E-state index is 0.154. The molecule has 0 spiro atoms. The lowest BCUT2D eigenvalue weighted by molar-refractivity contribution is 0.102. The summed E-state index contributed by atoms with van der Waals surface area (Å²) in [6.45, 7) is 0. The van der Waals surface area contributed by atoms with E-state index in [9.17, 15) is 4.79 Å². The lowest BCUT2D eigenvalue weighted by atomic mass is 10.1. The number of hydrogen-bond donors (Lipinski definition) is 1. The van der Waals surface area contributed by atoms with Gasteiger partial charge in [0.2, 0.25) is 0 Å². The minimum Gasteiger partial charge on any atom is -0.321 e. The monoisotopic (exact) mass is 246 g/mol. The van der Waals surface area contributed by atoms with Crippen LogP contribution in [-0.4, -0.2) is 10.9 Å². The van der Waals surface area contributed by atoms with Crippen molar-refractivity contribution in [1.29, 1.82) is 0 Å². The van der Waals surface area contributed by atoms with Gasteiger partial charge in [0.05, 0.1) is 11.9 Å². The summed E-state index contributed by atoms with van der Waals surface area (Å²) in [5.74, 6) is 0.295. The number of nitrogens with zero attached hydrogens (tertiary/aromatic N) is 1. The average Bonchev–Trinajstić information content (AvgIpc) is 2.40. The fraction of sp³-hybridized carbons (Fsp3) is 0.0769. The molecule has 0 aliphatic carbocycles. The van der Waals surface area contributed by atoms with E-state index in [-0.39, 0.29) is 5.91 Å². The molecule has 0 aliphatic heterocycles. The van der Waals surface area contributed by atoms with Crippen LogP contribution in [0.1, 0.15) is 15.9 Å². The van der Waals surface area contributed by atoms with Crippen molar-refractivity contribution < 1.29 is 4.79 Å². The number of hydrogen-bond acceptors (Lipinski definition) is 2. The molecule has 0 radical (unpaired) electrons. The van der Waals surface area contributed by atoms with Crippen molar-refractivity contribution in [3.05, 3.63) is 59.9 Å². The minimum atomic E-state index is -0.154. The third kappa shape index (κ3) is 3.04. The summed E-state index contributed by atoms with van der Waals surface area (Å²) in [6, 6.07) is 10.7. The van der Waals surface area contributed by atoms with Crippen molar-refractivity contribution in [1.82, 2.24) is 4.98 Å². The standard InChI is InChI=1S/C13H11ClN2O/c14-8-10-3-5-11(6-4-10)13(17)16-12-2-1-7-15-9-12/h1-7,9H,8H2,(H,16,17). The largest absolute Gasteiger partial charge is 0.321 e. The predicted octanol–water partition coefficient (Wildman–Crippen LogP) is 3.07. The SMILES string of the molecule is O=C(Nc1cccnc1)c1ccc(CCl)cc1. The first kappa shape index (κ1) is 11.6. The molecule has 1 aromatic heterocycles. The van der Waals surface area contributed by atoms with Gasteiger partial charge in [0, 0.05) is 17.6 Å². The van der Waals surface area contributed by atoms with Gasteiger partial charge in [-0.05, 0) is 29.8 Å². The Balaban J connectivity index is 2.09. The molecule has 1 N–H and O–H groups in total. The van der Waals surface area contributed by atoms with Crippen molar-refractivity contribution >= 4 is 23.2 Å². The number of halogens is 1. The molecule has 0 aliphatic rings. The Morgan fingerprint density at radius 3 is 2.59 bits per heavy atom. The Labute approximate surface area is 104 Å². The van der Waals surface area contributed by atoms with Crippen LogP contribution in [0.2, 0.25) is 0 Å². The molecule has 86 valence electrons. The Bertz CT molecular complexity index is 497. The van der Waals surface area contributed by atoms with Gasteiger partial charge in [0.15, 0.2) is 0 Å². The summed E-state index contributed by atoms with van der Waals surface area (Å²) < 4.78 is 0. The number of alkyl halides is 1. The van der Waals surface area contributed by atoms with Crippen LogP contribution in [0.5, 0.6) is 0 Å². The highest BCUT2D eigenvalue weighted by molar-refractivity contribution is 6.17. The van der Waals surface area contributed by atoms with Crippen LogP contribution in [0.15, 0.2) is 48.8 Å². The quantitative estimate of drug-likeness (QED) is 0.846. The molecule has 0 saturated heterocycles. The summed E-state index contributed by atoms with van der Waals surface area (Å²) in [5.41, 5.74) is 2.27. The Morgan fingerprint density at radius 2 is 2.00 bits per heavy atom. The van der Waals surface area contributed by atoms with Gasteiger partial charge in [-0.25, -0.2) is 0 Å². The summed E-state index contributed by atoms with van der Waals surface area (Å²) in [7, 11) is 0. The number of carbonyl (C=O) groups excluding carboxylic acids is 1. The maximum Gasteiger partial charge on any atom is 0.255 e. The molecule has 1 heterocycles. The second-order valence-electron chi connectivity index (χ2n) is 3.53. The first-order chi connectivity index (χ1) is 8.29. The maximum absolute atomic E-state index is 11.8. The van der Waals surface area contributed by atoms with Crippen LogP contribution in [-0.2, 0) is 5.88 Å². The van der Waals surface area contributed by atoms with Gasteiger partial charge in [-0.15, -0.1) is 11.6 Å². The summed E-state index contributed by atoms with van der Waals surface area (Å²) in [6.07, 6.45) is 3.26. The highest BCUT2D eigenvalue weighted by Gasteiger charge is 2.05. The van der Waals surface area contributed by atoms with Gasteiger partial charge in [0.1, 0.15) is 0 Å². The van der Waals surface area contributed by atoms with Gasteiger partial charge in [-0.3, -0.25) is 9.78 Å². The zero-order valence-corrected chi connectivity index (χ0v) is 9.82. The highest BCUT2D eigenvalue weighted by atomic mass is 35.5. The van der Waals surface area contributed by atoms with E-state index in [0.717, 1.165) is 5.56 Å². The Hall–Kier alpha value is -1.87. The van der Waals surface area contributed by atoms with E-state index < -0.39 is 0 Å². The molecular weight excluding hydrogens is 236 g/mol. The van der Waals surface area contributed by atoms with Gasteiger partial charge in [-0.1, -0.05) is 12.1 Å². The summed E-state index contributed by atoms with van der Waals surface area (Å²) >= 11 is 5.68. The molecule has 2 rings (SSSR count). The lowest BCUT2D eigenvalue weighted by Crippen LogP contribution is -2.11. The second-order valence-corrected chi connectivity index (χ2v) is 3.79. The number of aromatic nitrogens is 1. The Kier molecular flexibility index (Phi) is 3.73. The zero-order chi connectivity index (χ0) is 12.1. The van der Waals surface area contributed by atoms with Gasteiger partial charge < -0.3 is 5.32 Å². The molecule has 0 unspecified atom stereocenters. The summed E-state index contributed by atoms with van der Waals surface area (Å²) in [4.78, 5) is 15.8. The normalized spacial score (nSPS) is 9.94. The Morgan fingerprint density at radius 1 is 1.24 bits per heavy atom. The predicted molar refractivity (Wildman–Crippen MR) is 68.2 cm³/mol. The van der Waals surface area contributed by atoms with Crippen molar-refractivity contribution in [2.45, 2.75) is 5.88 Å².